The summed E-state index contributed by atoms with van der Waals surface area (Å²) in [5, 5.41) is 6.85. The van der Waals surface area contributed by atoms with Crippen LogP contribution in [-0.4, -0.2) is 19.1 Å². The van der Waals surface area contributed by atoms with Crippen molar-refractivity contribution in [2.24, 2.45) is 0 Å². The van der Waals surface area contributed by atoms with Crippen molar-refractivity contribution >= 4 is 0 Å². The third-order valence-corrected chi connectivity index (χ3v) is 2.84. The zero-order valence-corrected chi connectivity index (χ0v) is 8.88. The van der Waals surface area contributed by atoms with Crippen LogP contribution in [0.25, 0.3) is 0 Å². The van der Waals surface area contributed by atoms with Gasteiger partial charge in [-0.1, -0.05) is 29.8 Å². The summed E-state index contributed by atoms with van der Waals surface area (Å²) in [4.78, 5) is 0. The summed E-state index contributed by atoms with van der Waals surface area (Å²) in [7, 11) is 0. The van der Waals surface area contributed by atoms with Gasteiger partial charge in [0.25, 0.3) is 0 Å². The van der Waals surface area contributed by atoms with E-state index in [2.05, 4.69) is 48.7 Å². The van der Waals surface area contributed by atoms with Gasteiger partial charge in [-0.05, 0) is 19.4 Å². The van der Waals surface area contributed by atoms with E-state index in [-0.39, 0.29) is 0 Å². The maximum atomic E-state index is 3.59. The molecule has 0 amide bonds. The number of rotatable bonds is 3. The molecule has 0 radical (unpaired) electrons. The van der Waals surface area contributed by atoms with E-state index in [0.29, 0.717) is 12.1 Å². The third-order valence-electron chi connectivity index (χ3n) is 2.84. The Morgan fingerprint density at radius 2 is 1.93 bits per heavy atom. The second-order valence-corrected chi connectivity index (χ2v) is 4.15. The Morgan fingerprint density at radius 1 is 1.29 bits per heavy atom. The zero-order chi connectivity index (χ0) is 9.97. The van der Waals surface area contributed by atoms with Gasteiger partial charge in [0.1, 0.15) is 0 Å². The van der Waals surface area contributed by atoms with Gasteiger partial charge >= 0.3 is 0 Å². The summed E-state index contributed by atoms with van der Waals surface area (Å²) in [5.74, 6) is 0. The summed E-state index contributed by atoms with van der Waals surface area (Å²) < 4.78 is 0. The number of hydrogen-bond acceptors (Lipinski definition) is 2. The first-order valence-electron chi connectivity index (χ1n) is 5.29. The quantitative estimate of drug-likeness (QED) is 0.757. The van der Waals surface area contributed by atoms with E-state index in [1.54, 1.807) is 0 Å². The topological polar surface area (TPSA) is 24.1 Å². The second-order valence-electron chi connectivity index (χ2n) is 4.15. The Labute approximate surface area is 85.7 Å². The molecule has 2 rings (SSSR count). The lowest BCUT2D eigenvalue weighted by Crippen LogP contribution is -2.55. The molecule has 0 spiro atoms. The summed E-state index contributed by atoms with van der Waals surface area (Å²) in [6.07, 6.45) is 0. The summed E-state index contributed by atoms with van der Waals surface area (Å²) in [6, 6.07) is 9.88. The molecule has 1 fully saturated rings. The van der Waals surface area contributed by atoms with Gasteiger partial charge in [-0.25, -0.2) is 0 Å². The summed E-state index contributed by atoms with van der Waals surface area (Å²) >= 11 is 0. The van der Waals surface area contributed by atoms with Crippen molar-refractivity contribution in [3.63, 3.8) is 0 Å². The predicted octanol–water partition coefficient (Wildman–Crippen LogP) is 1.62. The normalized spacial score (nSPS) is 19.0. The fourth-order valence-electron chi connectivity index (χ4n) is 1.71. The average Bonchev–Trinajstić information content (AvgIpc) is 2.12. The largest absolute Gasteiger partial charge is 0.314 e. The summed E-state index contributed by atoms with van der Waals surface area (Å²) in [6.45, 7) is 6.56. The molecule has 0 aromatic heterocycles. The molecule has 1 atom stereocenters. The highest BCUT2D eigenvalue weighted by Crippen LogP contribution is 2.14. The molecule has 2 heteroatoms. The molecule has 14 heavy (non-hydrogen) atoms. The maximum absolute atomic E-state index is 3.59. The summed E-state index contributed by atoms with van der Waals surface area (Å²) in [5.41, 5.74) is 2.70. The monoisotopic (exact) mass is 190 g/mol. The SMILES string of the molecule is Cc1ccc([C@H](C)NC2CNC2)cc1. The minimum absolute atomic E-state index is 0.461. The molecule has 0 saturated carbocycles. The molecule has 76 valence electrons. The molecular weight excluding hydrogens is 172 g/mol. The Kier molecular flexibility index (Phi) is 2.85. The number of nitrogens with one attached hydrogen (secondary N) is 2. The molecule has 0 unspecified atom stereocenters. The van der Waals surface area contributed by atoms with Crippen molar-refractivity contribution in [2.75, 3.05) is 13.1 Å². The van der Waals surface area contributed by atoms with E-state index in [1.807, 2.05) is 0 Å². The Balaban J connectivity index is 1.95. The number of benzene rings is 1. The van der Waals surface area contributed by atoms with Gasteiger partial charge in [0.2, 0.25) is 0 Å². The van der Waals surface area contributed by atoms with E-state index in [9.17, 15) is 0 Å². The molecule has 1 saturated heterocycles. The molecule has 0 aliphatic carbocycles. The van der Waals surface area contributed by atoms with E-state index >= 15 is 0 Å². The highest BCUT2D eigenvalue weighted by molar-refractivity contribution is 5.23. The van der Waals surface area contributed by atoms with Gasteiger partial charge in [-0.3, -0.25) is 0 Å². The standard InChI is InChI=1S/C12H18N2/c1-9-3-5-11(6-4-9)10(2)14-12-7-13-8-12/h3-6,10,12-14H,7-8H2,1-2H3/t10-/m0/s1. The van der Waals surface area contributed by atoms with Crippen LogP contribution in [0, 0.1) is 6.92 Å². The highest BCUT2D eigenvalue weighted by atomic mass is 15.1. The fourth-order valence-corrected chi connectivity index (χ4v) is 1.71. The first-order chi connectivity index (χ1) is 6.75. The van der Waals surface area contributed by atoms with E-state index in [1.165, 1.54) is 11.1 Å². The number of aryl methyl sites for hydroxylation is 1. The van der Waals surface area contributed by atoms with Gasteiger partial charge < -0.3 is 10.6 Å². The van der Waals surface area contributed by atoms with Crippen LogP contribution in [0.1, 0.15) is 24.1 Å². The minimum Gasteiger partial charge on any atom is -0.314 e. The smallest absolute Gasteiger partial charge is 0.0322 e. The second kappa shape index (κ2) is 4.11. The lowest BCUT2D eigenvalue weighted by Gasteiger charge is -2.31. The van der Waals surface area contributed by atoms with Crippen LogP contribution in [0.15, 0.2) is 24.3 Å². The van der Waals surface area contributed by atoms with Gasteiger partial charge in [-0.2, -0.15) is 0 Å². The lowest BCUT2D eigenvalue weighted by molar-refractivity contribution is 0.338. The maximum Gasteiger partial charge on any atom is 0.0322 e. The van der Waals surface area contributed by atoms with Crippen molar-refractivity contribution in [3.8, 4) is 0 Å². The van der Waals surface area contributed by atoms with Crippen molar-refractivity contribution in [1.29, 1.82) is 0 Å². The van der Waals surface area contributed by atoms with Crippen LogP contribution in [0.2, 0.25) is 0 Å². The van der Waals surface area contributed by atoms with E-state index in [4.69, 9.17) is 0 Å². The first kappa shape index (κ1) is 9.69. The van der Waals surface area contributed by atoms with Gasteiger partial charge in [0.05, 0.1) is 0 Å². The molecule has 1 aromatic carbocycles. The molecule has 1 aliphatic heterocycles. The highest BCUT2D eigenvalue weighted by Gasteiger charge is 2.18. The van der Waals surface area contributed by atoms with Crippen LogP contribution < -0.4 is 10.6 Å². The Hall–Kier alpha value is -0.860. The molecule has 0 bridgehead atoms. The van der Waals surface area contributed by atoms with Crippen LogP contribution in [0.4, 0.5) is 0 Å². The molecule has 1 aliphatic rings. The van der Waals surface area contributed by atoms with Crippen molar-refractivity contribution in [2.45, 2.75) is 25.9 Å². The van der Waals surface area contributed by atoms with Crippen LogP contribution in [0.3, 0.4) is 0 Å². The van der Waals surface area contributed by atoms with E-state index in [0.717, 1.165) is 13.1 Å². The third kappa shape index (κ3) is 2.14. The Bertz CT molecular complexity index is 288. The lowest BCUT2D eigenvalue weighted by atomic mass is 10.0. The molecule has 1 aromatic rings. The molecule has 2 nitrogen and oxygen atoms in total. The Morgan fingerprint density at radius 3 is 2.43 bits per heavy atom. The van der Waals surface area contributed by atoms with E-state index < -0.39 is 0 Å². The van der Waals surface area contributed by atoms with Crippen molar-refractivity contribution in [1.82, 2.24) is 10.6 Å². The van der Waals surface area contributed by atoms with Gasteiger partial charge in [0.15, 0.2) is 0 Å². The molecular formula is C12H18N2. The van der Waals surface area contributed by atoms with Gasteiger partial charge in [-0.15, -0.1) is 0 Å². The van der Waals surface area contributed by atoms with Crippen LogP contribution in [-0.2, 0) is 0 Å². The van der Waals surface area contributed by atoms with Crippen molar-refractivity contribution in [3.05, 3.63) is 35.4 Å². The van der Waals surface area contributed by atoms with Crippen molar-refractivity contribution < 1.29 is 0 Å². The predicted molar refractivity (Wildman–Crippen MR) is 59.4 cm³/mol. The molecule has 2 N–H and O–H groups in total. The minimum atomic E-state index is 0.461. The van der Waals surface area contributed by atoms with Gasteiger partial charge in [0, 0.05) is 25.2 Å². The zero-order valence-electron chi connectivity index (χ0n) is 8.88. The van der Waals surface area contributed by atoms with Crippen LogP contribution in [0.5, 0.6) is 0 Å². The number of hydrogen-bond donors (Lipinski definition) is 2. The average molecular weight is 190 g/mol. The first-order valence-corrected chi connectivity index (χ1v) is 5.29. The fraction of sp³-hybridized carbons (Fsp3) is 0.500. The van der Waals surface area contributed by atoms with Crippen LogP contribution >= 0.6 is 0 Å². The molecule has 1 heterocycles.